The summed E-state index contributed by atoms with van der Waals surface area (Å²) >= 11 is 9.88. The number of hydrogen-bond acceptors (Lipinski definition) is 6. The van der Waals surface area contributed by atoms with E-state index >= 15 is 0 Å². The lowest BCUT2D eigenvalue weighted by molar-refractivity contribution is -0.385. The van der Waals surface area contributed by atoms with Crippen LogP contribution in [0.2, 0.25) is 5.02 Å². The third kappa shape index (κ3) is 5.84. The van der Waals surface area contributed by atoms with Crippen molar-refractivity contribution in [2.24, 2.45) is 0 Å². The SMILES string of the molecule is O=C1S/C(=C\c2ccc(Oc3ccc(C(F)(F)F)cc3[N+](=O)[O-])c(Br)c2)C(=O)N1Cc1c(F)cccc1Cl. The third-order valence-corrected chi connectivity index (χ3v) is 7.09. The molecule has 0 bridgehead atoms. The molecule has 1 heterocycles. The molecule has 1 fully saturated rings. The number of alkyl halides is 3. The van der Waals surface area contributed by atoms with Gasteiger partial charge in [0.25, 0.3) is 11.1 Å². The summed E-state index contributed by atoms with van der Waals surface area (Å²) in [6.07, 6.45) is -3.36. The quantitative estimate of drug-likeness (QED) is 0.118. The number of halogens is 6. The molecule has 196 valence electrons. The van der Waals surface area contributed by atoms with Gasteiger partial charge in [0.15, 0.2) is 0 Å². The number of nitro benzene ring substituents is 1. The van der Waals surface area contributed by atoms with Gasteiger partial charge in [0.05, 0.1) is 26.4 Å². The topological polar surface area (TPSA) is 89.7 Å². The lowest BCUT2D eigenvalue weighted by atomic mass is 10.1. The number of nitro groups is 1. The molecular formula is C24H12BrClF4N2O5S. The van der Waals surface area contributed by atoms with Crippen LogP contribution < -0.4 is 4.74 Å². The van der Waals surface area contributed by atoms with E-state index in [1.165, 1.54) is 36.4 Å². The third-order valence-electron chi connectivity index (χ3n) is 5.21. The molecule has 7 nitrogen and oxygen atoms in total. The van der Waals surface area contributed by atoms with Gasteiger partial charge >= 0.3 is 11.9 Å². The summed E-state index contributed by atoms with van der Waals surface area (Å²) in [6, 6.07) is 10.2. The van der Waals surface area contributed by atoms with Crippen molar-refractivity contribution in [2.45, 2.75) is 12.7 Å². The van der Waals surface area contributed by atoms with Crippen LogP contribution in [-0.2, 0) is 17.5 Å². The van der Waals surface area contributed by atoms with E-state index in [0.717, 1.165) is 17.0 Å². The number of hydrogen-bond donors (Lipinski definition) is 0. The van der Waals surface area contributed by atoms with Crippen LogP contribution in [0.3, 0.4) is 0 Å². The zero-order valence-corrected chi connectivity index (χ0v) is 21.8. The van der Waals surface area contributed by atoms with Gasteiger partial charge in [-0.05, 0) is 75.7 Å². The average Bonchev–Trinajstić information content (AvgIpc) is 3.09. The van der Waals surface area contributed by atoms with E-state index in [-0.39, 0.29) is 32.3 Å². The molecule has 3 aromatic rings. The molecule has 0 unspecified atom stereocenters. The average molecular weight is 632 g/mol. The Balaban J connectivity index is 1.55. The van der Waals surface area contributed by atoms with E-state index in [2.05, 4.69) is 15.9 Å². The highest BCUT2D eigenvalue weighted by atomic mass is 79.9. The standard InChI is InChI=1S/C24H12BrClF4N2O5S/c25-15-8-12(4-6-19(15)37-20-7-5-13(24(28,29)30)10-18(20)32(35)36)9-21-22(33)31(23(34)38-21)11-14-16(26)2-1-3-17(14)27/h1-10H,11H2/b21-9-. The molecule has 1 aliphatic heterocycles. The normalized spacial score (nSPS) is 14.9. The van der Waals surface area contributed by atoms with E-state index in [0.29, 0.717) is 29.5 Å². The predicted molar refractivity (Wildman–Crippen MR) is 135 cm³/mol. The van der Waals surface area contributed by atoms with Gasteiger partial charge in [0.2, 0.25) is 5.75 Å². The summed E-state index contributed by atoms with van der Waals surface area (Å²) in [5.74, 6) is -1.68. The van der Waals surface area contributed by atoms with E-state index in [4.69, 9.17) is 16.3 Å². The first-order chi connectivity index (χ1) is 17.8. The van der Waals surface area contributed by atoms with Crippen molar-refractivity contribution >= 4 is 62.2 Å². The fraction of sp³-hybridized carbons (Fsp3) is 0.0833. The molecular weight excluding hydrogens is 620 g/mol. The molecule has 1 aliphatic rings. The van der Waals surface area contributed by atoms with Crippen molar-refractivity contribution < 1.29 is 36.8 Å². The van der Waals surface area contributed by atoms with Crippen molar-refractivity contribution in [1.82, 2.24) is 4.90 Å². The Bertz CT molecular complexity index is 1500. The molecule has 1 saturated heterocycles. The molecule has 38 heavy (non-hydrogen) atoms. The maximum atomic E-state index is 14.1. The Morgan fingerprint density at radius 3 is 2.45 bits per heavy atom. The molecule has 0 saturated carbocycles. The van der Waals surface area contributed by atoms with Gasteiger partial charge in [0.1, 0.15) is 11.6 Å². The molecule has 0 N–H and O–H groups in total. The number of thioether (sulfide) groups is 1. The fourth-order valence-electron chi connectivity index (χ4n) is 3.36. The Hall–Kier alpha value is -3.42. The molecule has 4 rings (SSSR count). The molecule has 0 spiro atoms. The number of carbonyl (C=O) groups excluding carboxylic acids is 2. The highest BCUT2D eigenvalue weighted by molar-refractivity contribution is 9.10. The van der Waals surface area contributed by atoms with Gasteiger partial charge in [-0.25, -0.2) is 4.39 Å². The fourth-order valence-corrected chi connectivity index (χ4v) is 4.90. The number of imide groups is 1. The van der Waals surface area contributed by atoms with Crippen LogP contribution in [-0.4, -0.2) is 21.0 Å². The minimum atomic E-state index is -4.77. The molecule has 0 atom stereocenters. The number of carbonyl (C=O) groups is 2. The second-order valence-electron chi connectivity index (χ2n) is 7.70. The van der Waals surface area contributed by atoms with Crippen LogP contribution in [0.4, 0.5) is 28.0 Å². The first-order valence-electron chi connectivity index (χ1n) is 10.4. The Morgan fingerprint density at radius 2 is 1.82 bits per heavy atom. The van der Waals surface area contributed by atoms with Gasteiger partial charge in [-0.1, -0.05) is 23.7 Å². The summed E-state index contributed by atoms with van der Waals surface area (Å²) in [7, 11) is 0. The second-order valence-corrected chi connectivity index (χ2v) is 9.95. The van der Waals surface area contributed by atoms with Crippen molar-refractivity contribution in [3.8, 4) is 11.5 Å². The van der Waals surface area contributed by atoms with Crippen LogP contribution in [0.25, 0.3) is 6.08 Å². The summed E-state index contributed by atoms with van der Waals surface area (Å²) in [5.41, 5.74) is -1.64. The monoisotopic (exact) mass is 630 g/mol. The van der Waals surface area contributed by atoms with Gasteiger partial charge in [-0.15, -0.1) is 0 Å². The van der Waals surface area contributed by atoms with Crippen LogP contribution >= 0.6 is 39.3 Å². The number of benzene rings is 3. The van der Waals surface area contributed by atoms with Crippen molar-refractivity contribution in [3.63, 3.8) is 0 Å². The van der Waals surface area contributed by atoms with Gasteiger partial charge in [-0.2, -0.15) is 13.2 Å². The maximum Gasteiger partial charge on any atom is 0.416 e. The number of amides is 2. The molecule has 0 aliphatic carbocycles. The Morgan fingerprint density at radius 1 is 1.11 bits per heavy atom. The molecule has 0 radical (unpaired) electrons. The Labute approximate surface area is 229 Å². The minimum absolute atomic E-state index is 0.000627. The molecule has 0 aromatic heterocycles. The first kappa shape index (κ1) is 27.6. The van der Waals surface area contributed by atoms with E-state index in [9.17, 15) is 37.3 Å². The van der Waals surface area contributed by atoms with Crippen LogP contribution in [0.15, 0.2) is 64.0 Å². The highest BCUT2D eigenvalue weighted by Crippen LogP contribution is 2.40. The summed E-state index contributed by atoms with van der Waals surface area (Å²) in [4.78, 5) is 36.5. The minimum Gasteiger partial charge on any atom is -0.449 e. The smallest absolute Gasteiger partial charge is 0.416 e. The van der Waals surface area contributed by atoms with Crippen LogP contribution in [0, 0.1) is 15.9 Å². The maximum absolute atomic E-state index is 14.1. The van der Waals surface area contributed by atoms with Crippen molar-refractivity contribution in [3.05, 3.63) is 102 Å². The molecule has 14 heteroatoms. The zero-order chi connectivity index (χ0) is 27.8. The second kappa shape index (κ2) is 10.8. The van der Waals surface area contributed by atoms with Crippen molar-refractivity contribution in [2.75, 3.05) is 0 Å². The van der Waals surface area contributed by atoms with Crippen molar-refractivity contribution in [1.29, 1.82) is 0 Å². The van der Waals surface area contributed by atoms with Crippen LogP contribution in [0.5, 0.6) is 11.5 Å². The molecule has 3 aromatic carbocycles. The number of ether oxygens (including phenoxy) is 1. The van der Waals surface area contributed by atoms with E-state index < -0.39 is 45.1 Å². The van der Waals surface area contributed by atoms with Gasteiger partial charge in [-0.3, -0.25) is 24.6 Å². The predicted octanol–water partition coefficient (Wildman–Crippen LogP) is 8.20. The van der Waals surface area contributed by atoms with Gasteiger partial charge in [0, 0.05) is 16.7 Å². The Kier molecular flexibility index (Phi) is 7.81. The largest absolute Gasteiger partial charge is 0.449 e. The van der Waals surface area contributed by atoms with E-state index in [1.54, 1.807) is 0 Å². The number of nitrogens with zero attached hydrogens (tertiary/aromatic N) is 2. The summed E-state index contributed by atoms with van der Waals surface area (Å²) in [6.45, 7) is -0.351. The summed E-state index contributed by atoms with van der Waals surface area (Å²) in [5, 5.41) is 10.8. The van der Waals surface area contributed by atoms with Gasteiger partial charge < -0.3 is 4.74 Å². The van der Waals surface area contributed by atoms with Crippen LogP contribution in [0.1, 0.15) is 16.7 Å². The lowest BCUT2D eigenvalue weighted by Crippen LogP contribution is -2.28. The highest BCUT2D eigenvalue weighted by Gasteiger charge is 2.36. The number of rotatable bonds is 6. The summed E-state index contributed by atoms with van der Waals surface area (Å²) < 4.78 is 58.7. The lowest BCUT2D eigenvalue weighted by Gasteiger charge is -2.14. The first-order valence-corrected chi connectivity index (χ1v) is 12.3. The van der Waals surface area contributed by atoms with E-state index in [1.807, 2.05) is 0 Å². The molecule has 2 amide bonds. The zero-order valence-electron chi connectivity index (χ0n) is 18.6.